The number of benzene rings is 1. The highest BCUT2D eigenvalue weighted by molar-refractivity contribution is 8.01. The Morgan fingerprint density at radius 2 is 1.84 bits per heavy atom. The zero-order valence-corrected chi connectivity index (χ0v) is 14.6. The van der Waals surface area contributed by atoms with Gasteiger partial charge >= 0.3 is 11.9 Å². The van der Waals surface area contributed by atoms with Gasteiger partial charge < -0.3 is 21.3 Å². The van der Waals surface area contributed by atoms with E-state index in [-0.39, 0.29) is 0 Å². The fraction of sp³-hybridized carbons (Fsp3) is 0.438. The maximum absolute atomic E-state index is 12.3. The van der Waals surface area contributed by atoms with E-state index in [1.54, 1.807) is 44.2 Å². The van der Waals surface area contributed by atoms with Gasteiger partial charge in [0, 0.05) is 4.75 Å². The molecule has 1 aromatic rings. The molecule has 8 nitrogen and oxygen atoms in total. The summed E-state index contributed by atoms with van der Waals surface area (Å²) < 4.78 is -0.726. The van der Waals surface area contributed by atoms with Gasteiger partial charge in [-0.05, 0) is 19.4 Å². The average Bonchev–Trinajstić information content (AvgIpc) is 2.87. The summed E-state index contributed by atoms with van der Waals surface area (Å²) in [5.74, 6) is -2.98. The van der Waals surface area contributed by atoms with Crippen LogP contribution < -0.4 is 16.4 Å². The fourth-order valence-corrected chi connectivity index (χ4v) is 4.13. The first-order valence-electron chi connectivity index (χ1n) is 7.64. The summed E-state index contributed by atoms with van der Waals surface area (Å²) in [4.78, 5) is 35.3. The van der Waals surface area contributed by atoms with Crippen molar-refractivity contribution >= 4 is 29.6 Å². The highest BCUT2D eigenvalue weighted by Crippen LogP contribution is 2.39. The smallest absolute Gasteiger partial charge is 0.328 e. The second kappa shape index (κ2) is 7.42. The summed E-state index contributed by atoms with van der Waals surface area (Å²) in [6, 6.07) is 5.33. The van der Waals surface area contributed by atoms with Gasteiger partial charge in [-0.25, -0.2) is 4.79 Å². The van der Waals surface area contributed by atoms with Crippen LogP contribution in [0.2, 0.25) is 0 Å². The highest BCUT2D eigenvalue weighted by atomic mass is 32.2. The fourth-order valence-electron chi connectivity index (χ4n) is 2.65. The van der Waals surface area contributed by atoms with E-state index in [1.165, 1.54) is 0 Å². The first-order valence-corrected chi connectivity index (χ1v) is 8.52. The Kier molecular flexibility index (Phi) is 5.71. The second-order valence-electron chi connectivity index (χ2n) is 6.29. The number of rotatable bonds is 6. The van der Waals surface area contributed by atoms with Gasteiger partial charge in [-0.3, -0.25) is 14.9 Å². The van der Waals surface area contributed by atoms with Crippen LogP contribution >= 0.6 is 11.8 Å². The summed E-state index contributed by atoms with van der Waals surface area (Å²) in [6.45, 7) is 3.42. The number of carbonyl (C=O) groups excluding carboxylic acids is 1. The van der Waals surface area contributed by atoms with Crippen molar-refractivity contribution in [3.05, 3.63) is 35.9 Å². The van der Waals surface area contributed by atoms with E-state index in [2.05, 4.69) is 10.6 Å². The normalized spacial score (nSPS) is 24.3. The lowest BCUT2D eigenvalue weighted by molar-refractivity contribution is -0.143. The summed E-state index contributed by atoms with van der Waals surface area (Å²) >= 11 is 1.16. The molecule has 1 aromatic carbocycles. The van der Waals surface area contributed by atoms with E-state index >= 15 is 0 Å². The van der Waals surface area contributed by atoms with Gasteiger partial charge in [0.05, 0.1) is 5.37 Å². The van der Waals surface area contributed by atoms with Crippen LogP contribution in [-0.2, 0) is 14.4 Å². The molecule has 1 heterocycles. The number of nitrogens with two attached hydrogens (primary N) is 1. The van der Waals surface area contributed by atoms with Gasteiger partial charge in [0.1, 0.15) is 12.1 Å². The Morgan fingerprint density at radius 1 is 1.24 bits per heavy atom. The number of hydrogen-bond acceptors (Lipinski definition) is 6. The van der Waals surface area contributed by atoms with Crippen LogP contribution in [0.1, 0.15) is 25.5 Å². The molecule has 0 radical (unpaired) electrons. The lowest BCUT2D eigenvalue weighted by atomic mass is 10.0. The number of hydrogen-bond donors (Lipinski definition) is 5. The van der Waals surface area contributed by atoms with Gasteiger partial charge in [-0.2, -0.15) is 0 Å². The van der Waals surface area contributed by atoms with Crippen molar-refractivity contribution in [2.24, 2.45) is 5.73 Å². The standard InChI is InChI=1S/C16H21N3O5S/c1-16(2)11(15(23)24)19-13(25-16)10(14(21)22)18-12(20)9(17)8-6-4-3-5-7-8/h3-7,9-11,13,19H,17H2,1-2H3,(H,18,20)(H,21,22)(H,23,24)/t9-,10?,11+,13?/m1/s1. The topological polar surface area (TPSA) is 142 Å². The molecule has 1 amide bonds. The van der Waals surface area contributed by atoms with Crippen LogP contribution in [0.15, 0.2) is 30.3 Å². The monoisotopic (exact) mass is 367 g/mol. The van der Waals surface area contributed by atoms with Crippen molar-refractivity contribution in [2.45, 2.75) is 42.1 Å². The number of aliphatic carboxylic acids is 2. The largest absolute Gasteiger partial charge is 0.480 e. The van der Waals surface area contributed by atoms with Gasteiger partial charge in [0.25, 0.3) is 0 Å². The van der Waals surface area contributed by atoms with Crippen molar-refractivity contribution in [1.82, 2.24) is 10.6 Å². The first-order chi connectivity index (χ1) is 11.6. The van der Waals surface area contributed by atoms with Crippen LogP contribution in [-0.4, -0.2) is 50.3 Å². The molecule has 9 heteroatoms. The first kappa shape index (κ1) is 19.2. The van der Waals surface area contributed by atoms with Crippen molar-refractivity contribution < 1.29 is 24.6 Å². The molecule has 1 fully saturated rings. The van der Waals surface area contributed by atoms with E-state index in [0.717, 1.165) is 11.8 Å². The quantitative estimate of drug-likeness (QED) is 0.478. The lowest BCUT2D eigenvalue weighted by Gasteiger charge is -2.23. The minimum absolute atomic E-state index is 0.555. The number of thioether (sulfide) groups is 1. The molecule has 6 N–H and O–H groups in total. The number of carboxylic acid groups (broad SMARTS) is 2. The molecule has 1 saturated heterocycles. The van der Waals surface area contributed by atoms with Gasteiger partial charge in [-0.15, -0.1) is 11.8 Å². The molecule has 136 valence electrons. The number of carbonyl (C=O) groups is 3. The Labute approximate surface area is 149 Å². The number of carboxylic acids is 2. The maximum Gasteiger partial charge on any atom is 0.328 e. The summed E-state index contributed by atoms with van der Waals surface area (Å²) in [7, 11) is 0. The Bertz CT molecular complexity index is 667. The lowest BCUT2D eigenvalue weighted by Crippen LogP contribution is -2.55. The summed E-state index contributed by atoms with van der Waals surface area (Å²) in [6.07, 6.45) is 0. The van der Waals surface area contributed by atoms with Crippen molar-refractivity contribution in [3.63, 3.8) is 0 Å². The van der Waals surface area contributed by atoms with Crippen molar-refractivity contribution in [2.75, 3.05) is 0 Å². The van der Waals surface area contributed by atoms with Gasteiger partial charge in [0.2, 0.25) is 5.91 Å². The Hall–Kier alpha value is -2.10. The zero-order chi connectivity index (χ0) is 18.8. The number of nitrogens with one attached hydrogen (secondary N) is 2. The van der Waals surface area contributed by atoms with Crippen LogP contribution in [0.5, 0.6) is 0 Å². The molecule has 0 saturated carbocycles. The second-order valence-corrected chi connectivity index (χ2v) is 8.09. The van der Waals surface area contributed by atoms with Crippen LogP contribution in [0.3, 0.4) is 0 Å². The number of amides is 1. The molecular weight excluding hydrogens is 346 g/mol. The van der Waals surface area contributed by atoms with E-state index < -0.39 is 46.1 Å². The van der Waals surface area contributed by atoms with Crippen LogP contribution in [0.25, 0.3) is 0 Å². The Morgan fingerprint density at radius 3 is 2.32 bits per heavy atom. The SMILES string of the molecule is CC1(C)SC(C(NC(=O)[C@H](N)c2ccccc2)C(=O)O)N[C@H]1C(=O)O. The molecule has 0 aliphatic carbocycles. The summed E-state index contributed by atoms with van der Waals surface area (Å²) in [5.41, 5.74) is 6.44. The molecular formula is C16H21N3O5S. The average molecular weight is 367 g/mol. The van der Waals surface area contributed by atoms with Crippen LogP contribution in [0.4, 0.5) is 0 Å². The molecule has 1 aliphatic rings. The van der Waals surface area contributed by atoms with E-state index in [0.29, 0.717) is 5.56 Å². The predicted molar refractivity (Wildman–Crippen MR) is 93.0 cm³/mol. The summed E-state index contributed by atoms with van der Waals surface area (Å²) in [5, 5.41) is 23.1. The third-order valence-electron chi connectivity index (χ3n) is 4.01. The molecule has 0 aromatic heterocycles. The third-order valence-corrected chi connectivity index (χ3v) is 5.52. The van der Waals surface area contributed by atoms with E-state index in [4.69, 9.17) is 5.73 Å². The molecule has 4 atom stereocenters. The van der Waals surface area contributed by atoms with Crippen LogP contribution in [0, 0.1) is 0 Å². The van der Waals surface area contributed by atoms with Crippen molar-refractivity contribution in [1.29, 1.82) is 0 Å². The zero-order valence-electron chi connectivity index (χ0n) is 13.8. The van der Waals surface area contributed by atoms with E-state index in [1.807, 2.05) is 0 Å². The maximum atomic E-state index is 12.3. The molecule has 1 aliphatic heterocycles. The van der Waals surface area contributed by atoms with Gasteiger partial charge in [-0.1, -0.05) is 30.3 Å². The molecule has 25 heavy (non-hydrogen) atoms. The van der Waals surface area contributed by atoms with Crippen molar-refractivity contribution in [3.8, 4) is 0 Å². The predicted octanol–water partition coefficient (Wildman–Crippen LogP) is 0.150. The van der Waals surface area contributed by atoms with E-state index in [9.17, 15) is 24.6 Å². The third kappa shape index (κ3) is 4.30. The Balaban J connectivity index is 2.13. The molecule has 0 spiro atoms. The van der Waals surface area contributed by atoms with Gasteiger partial charge in [0.15, 0.2) is 6.04 Å². The molecule has 2 rings (SSSR count). The minimum atomic E-state index is -1.31. The minimum Gasteiger partial charge on any atom is -0.480 e. The molecule has 0 bridgehead atoms. The molecule has 2 unspecified atom stereocenters. The highest BCUT2D eigenvalue weighted by Gasteiger charge is 2.49.